The van der Waals surface area contributed by atoms with Crippen molar-refractivity contribution in [3.63, 3.8) is 0 Å². The zero-order chi connectivity index (χ0) is 15.7. The van der Waals surface area contributed by atoms with Gasteiger partial charge in [-0.2, -0.15) is 0 Å². The molecule has 0 bridgehead atoms. The summed E-state index contributed by atoms with van der Waals surface area (Å²) in [7, 11) is -1.64. The monoisotopic (exact) mass is 303 g/mol. The number of aromatic nitrogens is 1. The second-order valence-electron chi connectivity index (χ2n) is 5.00. The van der Waals surface area contributed by atoms with Crippen LogP contribution in [0.15, 0.2) is 24.4 Å². The van der Waals surface area contributed by atoms with Gasteiger partial charge in [0.05, 0.1) is 23.7 Å². The molecule has 1 aromatic carbocycles. The number of ether oxygens (including phenoxy) is 1. The van der Waals surface area contributed by atoms with Crippen LogP contribution in [-0.4, -0.2) is 53.4 Å². The molecule has 0 atom stereocenters. The van der Waals surface area contributed by atoms with E-state index in [2.05, 4.69) is 4.98 Å². The molecule has 0 unspecified atom stereocenters. The highest BCUT2D eigenvalue weighted by Gasteiger charge is 2.25. The zero-order valence-corrected chi connectivity index (χ0v) is 11.7. The van der Waals surface area contributed by atoms with E-state index in [1.54, 1.807) is 6.07 Å². The second-order valence-corrected chi connectivity index (χ2v) is 5.00. The average molecular weight is 303 g/mol. The molecule has 2 aromatic rings. The van der Waals surface area contributed by atoms with Gasteiger partial charge in [-0.25, -0.2) is 4.98 Å². The lowest BCUT2D eigenvalue weighted by Gasteiger charge is -2.29. The predicted octanol–water partition coefficient (Wildman–Crippen LogP) is -0.341. The van der Waals surface area contributed by atoms with Crippen molar-refractivity contribution in [2.75, 3.05) is 31.2 Å². The third-order valence-electron chi connectivity index (χ3n) is 3.67. The smallest absolute Gasteiger partial charge is 0.423 e. The predicted molar refractivity (Wildman–Crippen MR) is 81.3 cm³/mol. The summed E-state index contributed by atoms with van der Waals surface area (Å²) < 4.78 is 5.29. The van der Waals surface area contributed by atoms with E-state index >= 15 is 0 Å². The third-order valence-corrected chi connectivity index (χ3v) is 3.67. The maximum Gasteiger partial charge on any atom is 0.488 e. The van der Waals surface area contributed by atoms with Crippen molar-refractivity contribution in [1.82, 2.24) is 4.98 Å². The molecular weight excluding hydrogens is 289 g/mol. The lowest BCUT2D eigenvalue weighted by Crippen LogP contribution is -2.37. The van der Waals surface area contributed by atoms with Gasteiger partial charge in [-0.15, -0.1) is 0 Å². The molecule has 2 N–H and O–H groups in total. The summed E-state index contributed by atoms with van der Waals surface area (Å²) in [5.74, 6) is 0. The van der Waals surface area contributed by atoms with E-state index in [1.165, 1.54) is 18.3 Å². The van der Waals surface area contributed by atoms with E-state index in [-0.39, 0.29) is 11.2 Å². The molecule has 1 fully saturated rings. The van der Waals surface area contributed by atoms with E-state index in [4.69, 9.17) is 4.74 Å². The molecule has 1 saturated heterocycles. The Balaban J connectivity index is 2.24. The average Bonchev–Trinajstić information content (AvgIpc) is 2.53. The number of hydrogen-bond donors (Lipinski definition) is 2. The first-order valence-corrected chi connectivity index (χ1v) is 6.84. The Morgan fingerprint density at radius 1 is 1.32 bits per heavy atom. The van der Waals surface area contributed by atoms with Crippen molar-refractivity contribution in [2.45, 2.75) is 0 Å². The summed E-state index contributed by atoms with van der Waals surface area (Å²) in [5, 5.41) is 30.5. The molecule has 0 aliphatic carbocycles. The van der Waals surface area contributed by atoms with Gasteiger partial charge in [-0.05, 0) is 11.5 Å². The largest absolute Gasteiger partial charge is 0.488 e. The minimum absolute atomic E-state index is 0.0982. The Labute approximate surface area is 126 Å². The molecule has 8 nitrogen and oxygen atoms in total. The number of nitro groups is 1. The van der Waals surface area contributed by atoms with Gasteiger partial charge in [0.15, 0.2) is 0 Å². The summed E-state index contributed by atoms with van der Waals surface area (Å²) in [6.07, 6.45) is 1.24. The van der Waals surface area contributed by atoms with Gasteiger partial charge in [0.1, 0.15) is 11.9 Å². The number of morpholine rings is 1. The number of pyridine rings is 1. The highest BCUT2D eigenvalue weighted by atomic mass is 16.6. The summed E-state index contributed by atoms with van der Waals surface area (Å²) in [5.41, 5.74) is 1.18. The molecular formula is C13H14BN3O5. The van der Waals surface area contributed by atoms with Gasteiger partial charge >= 0.3 is 12.8 Å². The fourth-order valence-electron chi connectivity index (χ4n) is 2.60. The van der Waals surface area contributed by atoms with E-state index in [0.29, 0.717) is 42.9 Å². The van der Waals surface area contributed by atoms with Crippen molar-refractivity contribution in [1.29, 1.82) is 0 Å². The van der Waals surface area contributed by atoms with E-state index in [9.17, 15) is 20.2 Å². The van der Waals surface area contributed by atoms with Crippen LogP contribution in [0.3, 0.4) is 0 Å². The zero-order valence-electron chi connectivity index (χ0n) is 11.7. The lowest BCUT2D eigenvalue weighted by molar-refractivity contribution is -0.384. The van der Waals surface area contributed by atoms with Gasteiger partial charge in [0, 0.05) is 18.5 Å². The standard InChI is InChI=1S/C13H14BN3O5/c18-14(19)9-1-2-11-10(7-9)13(12(8-15-11)17(20)21)16-3-5-22-6-4-16/h1-2,7-8,18-19H,3-6H2. The summed E-state index contributed by atoms with van der Waals surface area (Å²) >= 11 is 0. The van der Waals surface area contributed by atoms with Crippen LogP contribution in [0.4, 0.5) is 11.4 Å². The molecule has 2 heterocycles. The van der Waals surface area contributed by atoms with E-state index in [0.717, 1.165) is 0 Å². The maximum atomic E-state index is 11.3. The first-order chi connectivity index (χ1) is 10.6. The van der Waals surface area contributed by atoms with Crippen molar-refractivity contribution >= 4 is 34.9 Å². The van der Waals surface area contributed by atoms with Crippen molar-refractivity contribution in [3.8, 4) is 0 Å². The highest BCUT2D eigenvalue weighted by Crippen LogP contribution is 2.34. The van der Waals surface area contributed by atoms with Crippen LogP contribution < -0.4 is 10.4 Å². The fraction of sp³-hybridized carbons (Fsp3) is 0.308. The number of nitrogens with zero attached hydrogens (tertiary/aromatic N) is 3. The van der Waals surface area contributed by atoms with Crippen LogP contribution in [0.25, 0.3) is 10.9 Å². The van der Waals surface area contributed by atoms with Gasteiger partial charge in [-0.1, -0.05) is 12.1 Å². The van der Waals surface area contributed by atoms with Crippen molar-refractivity contribution < 1.29 is 19.7 Å². The molecule has 0 saturated carbocycles. The SMILES string of the molecule is O=[N+]([O-])c1cnc2ccc(B(O)O)cc2c1N1CCOCC1. The van der Waals surface area contributed by atoms with Gasteiger partial charge < -0.3 is 19.7 Å². The van der Waals surface area contributed by atoms with Crippen LogP contribution in [0.2, 0.25) is 0 Å². The Kier molecular flexibility index (Phi) is 3.93. The number of benzene rings is 1. The van der Waals surface area contributed by atoms with Gasteiger partial charge in [0.2, 0.25) is 0 Å². The van der Waals surface area contributed by atoms with Gasteiger partial charge in [-0.3, -0.25) is 10.1 Å². The Bertz CT molecular complexity index is 718. The lowest BCUT2D eigenvalue weighted by atomic mass is 9.79. The molecule has 9 heteroatoms. The summed E-state index contributed by atoms with van der Waals surface area (Å²) in [6.45, 7) is 2.05. The van der Waals surface area contributed by atoms with Crippen LogP contribution >= 0.6 is 0 Å². The van der Waals surface area contributed by atoms with Crippen molar-refractivity contribution in [3.05, 3.63) is 34.5 Å². The number of anilines is 1. The number of fused-ring (bicyclic) bond motifs is 1. The highest BCUT2D eigenvalue weighted by molar-refractivity contribution is 6.59. The summed E-state index contributed by atoms with van der Waals surface area (Å²) in [4.78, 5) is 16.8. The van der Waals surface area contributed by atoms with Gasteiger partial charge in [0.25, 0.3) is 0 Å². The molecule has 1 aliphatic rings. The second kappa shape index (κ2) is 5.88. The summed E-state index contributed by atoms with van der Waals surface area (Å²) in [6, 6.07) is 4.69. The van der Waals surface area contributed by atoms with Crippen LogP contribution in [0, 0.1) is 10.1 Å². The first kappa shape index (κ1) is 14.7. The molecule has 0 amide bonds. The van der Waals surface area contributed by atoms with Crippen LogP contribution in [-0.2, 0) is 4.74 Å². The Hall–Kier alpha value is -2.23. The van der Waals surface area contributed by atoms with Crippen LogP contribution in [0.1, 0.15) is 0 Å². The van der Waals surface area contributed by atoms with E-state index < -0.39 is 12.0 Å². The molecule has 1 aliphatic heterocycles. The first-order valence-electron chi connectivity index (χ1n) is 6.84. The van der Waals surface area contributed by atoms with Crippen LogP contribution in [0.5, 0.6) is 0 Å². The minimum Gasteiger partial charge on any atom is -0.423 e. The number of hydrogen-bond acceptors (Lipinski definition) is 7. The minimum atomic E-state index is -1.64. The fourth-order valence-corrected chi connectivity index (χ4v) is 2.60. The Morgan fingerprint density at radius 3 is 2.68 bits per heavy atom. The Morgan fingerprint density at radius 2 is 2.05 bits per heavy atom. The van der Waals surface area contributed by atoms with E-state index in [1.807, 2.05) is 4.90 Å². The molecule has 0 radical (unpaired) electrons. The van der Waals surface area contributed by atoms with Crippen molar-refractivity contribution in [2.24, 2.45) is 0 Å². The third kappa shape index (κ3) is 2.61. The molecule has 114 valence electrons. The molecule has 0 spiro atoms. The molecule has 22 heavy (non-hydrogen) atoms. The normalized spacial score (nSPS) is 15.1. The quantitative estimate of drug-likeness (QED) is 0.453. The molecule has 1 aromatic heterocycles. The topological polar surface area (TPSA) is 109 Å². The number of rotatable bonds is 3. The maximum absolute atomic E-state index is 11.3. The molecule has 3 rings (SSSR count).